The summed E-state index contributed by atoms with van der Waals surface area (Å²) in [6.07, 6.45) is 0.923. The van der Waals surface area contributed by atoms with Crippen molar-refractivity contribution in [3.63, 3.8) is 0 Å². The van der Waals surface area contributed by atoms with Gasteiger partial charge in [0.25, 0.3) is 5.91 Å². The highest BCUT2D eigenvalue weighted by atomic mass is 16.5. The SMILES string of the molecule is CC1OCCC1N(C)C(=O)c1ccc(N)cc1N. The molecule has 0 spiro atoms. The van der Waals surface area contributed by atoms with Gasteiger partial charge in [-0.1, -0.05) is 0 Å². The highest BCUT2D eigenvalue weighted by Gasteiger charge is 2.31. The quantitative estimate of drug-likeness (QED) is 0.769. The molecule has 4 N–H and O–H groups in total. The second kappa shape index (κ2) is 4.86. The molecule has 1 amide bonds. The van der Waals surface area contributed by atoms with Gasteiger partial charge in [0.1, 0.15) is 0 Å². The second-order valence-corrected chi connectivity index (χ2v) is 4.69. The fraction of sp³-hybridized carbons (Fsp3) is 0.462. The Kier molecular flexibility index (Phi) is 3.43. The Hall–Kier alpha value is -1.75. The molecule has 0 bridgehead atoms. The molecule has 1 aromatic carbocycles. The molecule has 2 unspecified atom stereocenters. The third kappa shape index (κ3) is 2.26. The number of nitrogen functional groups attached to an aromatic ring is 2. The smallest absolute Gasteiger partial charge is 0.256 e. The maximum atomic E-state index is 12.4. The van der Waals surface area contributed by atoms with Crippen LogP contribution in [-0.2, 0) is 4.74 Å². The Morgan fingerprint density at radius 3 is 2.72 bits per heavy atom. The van der Waals surface area contributed by atoms with Crippen molar-refractivity contribution >= 4 is 17.3 Å². The van der Waals surface area contributed by atoms with Crippen molar-refractivity contribution in [3.8, 4) is 0 Å². The van der Waals surface area contributed by atoms with Gasteiger partial charge in [0.2, 0.25) is 0 Å². The van der Waals surface area contributed by atoms with Crippen LogP contribution in [0.1, 0.15) is 23.7 Å². The number of anilines is 2. The molecule has 0 radical (unpaired) electrons. The molecular formula is C13H19N3O2. The molecule has 1 aromatic rings. The van der Waals surface area contributed by atoms with Crippen LogP contribution < -0.4 is 11.5 Å². The number of carbonyl (C=O) groups is 1. The Morgan fingerprint density at radius 2 is 2.17 bits per heavy atom. The normalized spacial score (nSPS) is 23.0. The molecule has 18 heavy (non-hydrogen) atoms. The maximum absolute atomic E-state index is 12.4. The van der Waals surface area contributed by atoms with E-state index >= 15 is 0 Å². The molecular weight excluding hydrogens is 230 g/mol. The van der Waals surface area contributed by atoms with Crippen molar-refractivity contribution in [1.82, 2.24) is 4.90 Å². The fourth-order valence-corrected chi connectivity index (χ4v) is 2.35. The molecule has 1 fully saturated rings. The Morgan fingerprint density at radius 1 is 1.44 bits per heavy atom. The first-order valence-corrected chi connectivity index (χ1v) is 6.04. The van der Waals surface area contributed by atoms with Crippen LogP contribution in [0.25, 0.3) is 0 Å². The van der Waals surface area contributed by atoms with E-state index in [-0.39, 0.29) is 18.1 Å². The first-order valence-electron chi connectivity index (χ1n) is 6.04. The Balaban J connectivity index is 2.20. The average molecular weight is 249 g/mol. The van der Waals surface area contributed by atoms with Crippen molar-refractivity contribution in [2.45, 2.75) is 25.5 Å². The summed E-state index contributed by atoms with van der Waals surface area (Å²) in [4.78, 5) is 14.1. The first kappa shape index (κ1) is 12.7. The third-order valence-electron chi connectivity index (χ3n) is 3.46. The minimum absolute atomic E-state index is 0.0638. The van der Waals surface area contributed by atoms with E-state index in [1.807, 2.05) is 6.92 Å². The largest absolute Gasteiger partial charge is 0.399 e. The van der Waals surface area contributed by atoms with Crippen LogP contribution in [0.5, 0.6) is 0 Å². The van der Waals surface area contributed by atoms with Crippen molar-refractivity contribution in [2.24, 2.45) is 0 Å². The summed E-state index contributed by atoms with van der Waals surface area (Å²) in [5.74, 6) is -0.0881. The topological polar surface area (TPSA) is 81.6 Å². The zero-order valence-corrected chi connectivity index (χ0v) is 10.7. The van der Waals surface area contributed by atoms with Gasteiger partial charge in [-0.2, -0.15) is 0 Å². The number of amides is 1. The summed E-state index contributed by atoms with van der Waals surface area (Å²) in [6.45, 7) is 2.68. The van der Waals surface area contributed by atoms with E-state index in [0.29, 0.717) is 23.5 Å². The van der Waals surface area contributed by atoms with E-state index in [2.05, 4.69) is 0 Å². The summed E-state index contributed by atoms with van der Waals surface area (Å²) in [5, 5.41) is 0. The average Bonchev–Trinajstić information content (AvgIpc) is 2.74. The van der Waals surface area contributed by atoms with Gasteiger partial charge < -0.3 is 21.1 Å². The molecule has 0 aliphatic carbocycles. The molecule has 5 heteroatoms. The predicted molar refractivity (Wildman–Crippen MR) is 71.2 cm³/mol. The van der Waals surface area contributed by atoms with Gasteiger partial charge in [0.15, 0.2) is 0 Å². The van der Waals surface area contributed by atoms with Gasteiger partial charge in [-0.25, -0.2) is 0 Å². The standard InChI is InChI=1S/C13H19N3O2/c1-8-12(5-6-18-8)16(2)13(17)10-4-3-9(14)7-11(10)15/h3-4,7-8,12H,5-6,14-15H2,1-2H3. The number of benzene rings is 1. The van der Waals surface area contributed by atoms with Gasteiger partial charge in [-0.15, -0.1) is 0 Å². The van der Waals surface area contributed by atoms with Crippen LogP contribution >= 0.6 is 0 Å². The lowest BCUT2D eigenvalue weighted by Crippen LogP contribution is -2.41. The van der Waals surface area contributed by atoms with Crippen molar-refractivity contribution in [2.75, 3.05) is 25.1 Å². The summed E-state index contributed by atoms with van der Waals surface area (Å²) in [7, 11) is 1.79. The molecule has 1 aliphatic rings. The van der Waals surface area contributed by atoms with E-state index in [1.54, 1.807) is 30.1 Å². The van der Waals surface area contributed by atoms with Crippen LogP contribution in [0.15, 0.2) is 18.2 Å². The summed E-state index contributed by atoms with van der Waals surface area (Å²) in [6, 6.07) is 5.07. The molecule has 5 nitrogen and oxygen atoms in total. The number of hydrogen-bond donors (Lipinski definition) is 2. The zero-order chi connectivity index (χ0) is 13.3. The Labute approximate surface area is 107 Å². The van der Waals surface area contributed by atoms with E-state index < -0.39 is 0 Å². The number of nitrogens with two attached hydrogens (primary N) is 2. The molecule has 2 atom stereocenters. The number of hydrogen-bond acceptors (Lipinski definition) is 4. The predicted octanol–water partition coefficient (Wildman–Crippen LogP) is 1.10. The molecule has 1 aliphatic heterocycles. The lowest BCUT2D eigenvalue weighted by molar-refractivity contribution is 0.0575. The monoisotopic (exact) mass is 249 g/mol. The van der Waals surface area contributed by atoms with Gasteiger partial charge >= 0.3 is 0 Å². The molecule has 2 rings (SSSR count). The summed E-state index contributed by atoms with van der Waals surface area (Å²) in [5.41, 5.74) is 12.9. The van der Waals surface area contributed by atoms with Crippen LogP contribution in [0, 0.1) is 0 Å². The number of likely N-dealkylation sites (N-methyl/N-ethyl adjacent to an activating group) is 1. The van der Waals surface area contributed by atoms with Crippen LogP contribution in [0.3, 0.4) is 0 Å². The fourth-order valence-electron chi connectivity index (χ4n) is 2.35. The molecule has 98 valence electrons. The zero-order valence-electron chi connectivity index (χ0n) is 10.7. The molecule has 1 saturated heterocycles. The number of ether oxygens (including phenoxy) is 1. The van der Waals surface area contributed by atoms with Crippen LogP contribution in [-0.4, -0.2) is 36.6 Å². The van der Waals surface area contributed by atoms with E-state index in [9.17, 15) is 4.79 Å². The van der Waals surface area contributed by atoms with Crippen LogP contribution in [0.4, 0.5) is 11.4 Å². The number of nitrogens with zero attached hydrogens (tertiary/aromatic N) is 1. The minimum Gasteiger partial charge on any atom is -0.399 e. The summed E-state index contributed by atoms with van der Waals surface area (Å²) >= 11 is 0. The van der Waals surface area contributed by atoms with Crippen molar-refractivity contribution < 1.29 is 9.53 Å². The molecule has 0 aromatic heterocycles. The lowest BCUT2D eigenvalue weighted by Gasteiger charge is -2.27. The summed E-state index contributed by atoms with van der Waals surface area (Å²) < 4.78 is 5.48. The van der Waals surface area contributed by atoms with Crippen LogP contribution in [0.2, 0.25) is 0 Å². The van der Waals surface area contributed by atoms with E-state index in [0.717, 1.165) is 6.42 Å². The highest BCUT2D eigenvalue weighted by molar-refractivity contribution is 5.99. The Bertz CT molecular complexity index is 462. The van der Waals surface area contributed by atoms with Gasteiger partial charge in [-0.05, 0) is 31.5 Å². The highest BCUT2D eigenvalue weighted by Crippen LogP contribution is 2.23. The minimum atomic E-state index is -0.0881. The third-order valence-corrected chi connectivity index (χ3v) is 3.46. The second-order valence-electron chi connectivity index (χ2n) is 4.69. The number of rotatable bonds is 2. The van der Waals surface area contributed by atoms with Gasteiger partial charge in [0.05, 0.1) is 17.7 Å². The maximum Gasteiger partial charge on any atom is 0.256 e. The van der Waals surface area contributed by atoms with Gasteiger partial charge in [0, 0.05) is 25.0 Å². The first-order chi connectivity index (χ1) is 8.50. The molecule has 0 saturated carbocycles. The van der Waals surface area contributed by atoms with E-state index in [4.69, 9.17) is 16.2 Å². The van der Waals surface area contributed by atoms with Crippen molar-refractivity contribution in [3.05, 3.63) is 23.8 Å². The van der Waals surface area contributed by atoms with Crippen molar-refractivity contribution in [1.29, 1.82) is 0 Å². The lowest BCUT2D eigenvalue weighted by atomic mass is 10.1. The molecule has 1 heterocycles. The number of carbonyl (C=O) groups excluding carboxylic acids is 1. The van der Waals surface area contributed by atoms with Gasteiger partial charge in [-0.3, -0.25) is 4.79 Å². The van der Waals surface area contributed by atoms with E-state index in [1.165, 1.54) is 0 Å².